The van der Waals surface area contributed by atoms with E-state index in [-0.39, 0.29) is 17.3 Å². The second-order valence-corrected chi connectivity index (χ2v) is 5.28. The number of aliphatic carboxylic acids is 1. The van der Waals surface area contributed by atoms with Gasteiger partial charge in [0.2, 0.25) is 0 Å². The highest BCUT2D eigenvalue weighted by atomic mass is 19.1. The lowest BCUT2D eigenvalue weighted by Gasteiger charge is -2.15. The van der Waals surface area contributed by atoms with Crippen molar-refractivity contribution in [3.05, 3.63) is 82.7 Å². The van der Waals surface area contributed by atoms with Gasteiger partial charge < -0.3 is 5.11 Å². The van der Waals surface area contributed by atoms with Crippen molar-refractivity contribution in [1.82, 2.24) is 0 Å². The molecule has 2 aromatic carbocycles. The van der Waals surface area contributed by atoms with Gasteiger partial charge in [0, 0.05) is 11.5 Å². The van der Waals surface area contributed by atoms with Crippen LogP contribution in [0.25, 0.3) is 0 Å². The maximum atomic E-state index is 13.5. The van der Waals surface area contributed by atoms with Gasteiger partial charge in [0.15, 0.2) is 0 Å². The van der Waals surface area contributed by atoms with Gasteiger partial charge in [-0.2, -0.15) is 0 Å². The van der Waals surface area contributed by atoms with Crippen LogP contribution < -0.4 is 0 Å². The Labute approximate surface area is 129 Å². The molecule has 0 fully saturated rings. The molecule has 0 aliphatic rings. The van der Waals surface area contributed by atoms with Gasteiger partial charge in [0.1, 0.15) is 5.82 Å². The Kier molecular flexibility index (Phi) is 5.10. The number of carboxylic acid groups (broad SMARTS) is 1. The van der Waals surface area contributed by atoms with Crippen molar-refractivity contribution in [1.29, 1.82) is 0 Å². The molecular formula is C19H19FO2. The summed E-state index contributed by atoms with van der Waals surface area (Å²) >= 11 is 0. The summed E-state index contributed by atoms with van der Waals surface area (Å²) in [6.07, 6.45) is 2.60. The summed E-state index contributed by atoms with van der Waals surface area (Å²) in [6, 6.07) is 14.3. The highest BCUT2D eigenvalue weighted by Crippen LogP contribution is 2.28. The van der Waals surface area contributed by atoms with Crippen LogP contribution >= 0.6 is 0 Å². The molecule has 2 nitrogen and oxygen atoms in total. The Morgan fingerprint density at radius 2 is 1.86 bits per heavy atom. The van der Waals surface area contributed by atoms with Gasteiger partial charge in [0.05, 0.1) is 0 Å². The van der Waals surface area contributed by atoms with Crippen LogP contribution in [0.1, 0.15) is 36.5 Å². The van der Waals surface area contributed by atoms with E-state index >= 15 is 0 Å². The minimum absolute atomic E-state index is 0.244. The van der Waals surface area contributed by atoms with Crippen LogP contribution in [0.3, 0.4) is 0 Å². The van der Waals surface area contributed by atoms with Crippen molar-refractivity contribution in [3.8, 4) is 0 Å². The van der Waals surface area contributed by atoms with Crippen LogP contribution in [-0.4, -0.2) is 11.1 Å². The van der Waals surface area contributed by atoms with E-state index in [0.717, 1.165) is 17.5 Å². The smallest absolute Gasteiger partial charge is 0.330 e. The molecule has 1 unspecified atom stereocenters. The van der Waals surface area contributed by atoms with Crippen molar-refractivity contribution < 1.29 is 14.3 Å². The van der Waals surface area contributed by atoms with E-state index in [2.05, 4.69) is 6.92 Å². The van der Waals surface area contributed by atoms with Crippen molar-refractivity contribution in [3.63, 3.8) is 0 Å². The average molecular weight is 298 g/mol. The second kappa shape index (κ2) is 7.03. The predicted molar refractivity (Wildman–Crippen MR) is 85.5 cm³/mol. The number of allylic oxidation sites excluding steroid dienone is 1. The molecule has 0 heterocycles. The van der Waals surface area contributed by atoms with Crippen molar-refractivity contribution in [2.75, 3.05) is 0 Å². The first-order valence-electron chi connectivity index (χ1n) is 7.27. The fourth-order valence-electron chi connectivity index (χ4n) is 2.37. The van der Waals surface area contributed by atoms with Gasteiger partial charge in [-0.3, -0.25) is 0 Å². The van der Waals surface area contributed by atoms with Crippen LogP contribution in [0.4, 0.5) is 4.39 Å². The number of halogens is 1. The minimum Gasteiger partial charge on any atom is -0.478 e. The van der Waals surface area contributed by atoms with Crippen molar-refractivity contribution in [2.45, 2.75) is 26.2 Å². The molecule has 0 aliphatic heterocycles. The van der Waals surface area contributed by atoms with Crippen LogP contribution in [0, 0.1) is 5.82 Å². The van der Waals surface area contributed by atoms with Gasteiger partial charge >= 0.3 is 5.97 Å². The summed E-state index contributed by atoms with van der Waals surface area (Å²) in [5.41, 5.74) is 3.14. The van der Waals surface area contributed by atoms with E-state index in [4.69, 9.17) is 5.11 Å². The molecular weight excluding hydrogens is 279 g/mol. The topological polar surface area (TPSA) is 37.3 Å². The molecule has 114 valence electrons. The molecule has 0 aromatic heterocycles. The Morgan fingerprint density at radius 3 is 2.41 bits per heavy atom. The Morgan fingerprint density at radius 1 is 1.18 bits per heavy atom. The second-order valence-electron chi connectivity index (χ2n) is 5.28. The minimum atomic E-state index is -0.966. The van der Waals surface area contributed by atoms with E-state index in [1.54, 1.807) is 19.1 Å². The first-order valence-corrected chi connectivity index (χ1v) is 7.27. The van der Waals surface area contributed by atoms with E-state index in [1.807, 2.05) is 30.3 Å². The number of benzene rings is 2. The maximum Gasteiger partial charge on any atom is 0.330 e. The monoisotopic (exact) mass is 298 g/mol. The molecule has 0 saturated carbocycles. The predicted octanol–water partition coefficient (Wildman–Crippen LogP) is 4.55. The lowest BCUT2D eigenvalue weighted by atomic mass is 9.89. The molecule has 22 heavy (non-hydrogen) atoms. The van der Waals surface area contributed by atoms with E-state index in [0.29, 0.717) is 0 Å². The molecule has 2 aromatic rings. The standard InChI is InChI=1S/C19H19FO2/c1-3-14-7-9-15(10-8-14)18(11-13(2)19(21)22)16-5-4-6-17(20)12-16/h4-12,18H,3H2,1-2H3,(H,21,22)/b13-11+. The van der Waals surface area contributed by atoms with Crippen molar-refractivity contribution >= 4 is 5.97 Å². The van der Waals surface area contributed by atoms with Gasteiger partial charge in [-0.25, -0.2) is 9.18 Å². The summed E-state index contributed by atoms with van der Waals surface area (Å²) in [5.74, 6) is -1.57. The number of hydrogen-bond acceptors (Lipinski definition) is 1. The summed E-state index contributed by atoms with van der Waals surface area (Å²) < 4.78 is 13.5. The number of carbonyl (C=O) groups is 1. The Balaban J connectivity index is 2.49. The molecule has 0 spiro atoms. The molecule has 0 radical (unpaired) electrons. The van der Waals surface area contributed by atoms with E-state index < -0.39 is 5.97 Å². The maximum absolute atomic E-state index is 13.5. The molecule has 2 rings (SSSR count). The van der Waals surface area contributed by atoms with E-state index in [9.17, 15) is 9.18 Å². The molecule has 1 N–H and O–H groups in total. The van der Waals surface area contributed by atoms with Gasteiger partial charge in [-0.05, 0) is 42.2 Å². The SMILES string of the molecule is CCc1ccc(C(/C=C(\C)C(=O)O)c2cccc(F)c2)cc1. The van der Waals surface area contributed by atoms with Crippen LogP contribution in [0.2, 0.25) is 0 Å². The third kappa shape index (κ3) is 3.82. The fourth-order valence-corrected chi connectivity index (χ4v) is 2.37. The summed E-state index contributed by atoms with van der Waals surface area (Å²) in [4.78, 5) is 11.1. The molecule has 0 amide bonds. The highest BCUT2D eigenvalue weighted by Gasteiger charge is 2.14. The highest BCUT2D eigenvalue weighted by molar-refractivity contribution is 5.86. The van der Waals surface area contributed by atoms with Crippen LogP contribution in [0.15, 0.2) is 60.2 Å². The lowest BCUT2D eigenvalue weighted by Crippen LogP contribution is -2.04. The summed E-state index contributed by atoms with van der Waals surface area (Å²) in [6.45, 7) is 3.63. The molecule has 0 bridgehead atoms. The number of hydrogen-bond donors (Lipinski definition) is 1. The molecule has 0 aliphatic carbocycles. The van der Waals surface area contributed by atoms with Crippen molar-refractivity contribution in [2.24, 2.45) is 0 Å². The molecule has 1 atom stereocenters. The third-order valence-electron chi connectivity index (χ3n) is 3.71. The van der Waals surface area contributed by atoms with E-state index in [1.165, 1.54) is 17.7 Å². The largest absolute Gasteiger partial charge is 0.478 e. The number of aryl methyl sites for hydroxylation is 1. The molecule has 3 heteroatoms. The Hall–Kier alpha value is -2.42. The third-order valence-corrected chi connectivity index (χ3v) is 3.71. The zero-order valence-corrected chi connectivity index (χ0v) is 12.7. The molecule has 0 saturated heterocycles. The normalized spacial score (nSPS) is 13.0. The summed E-state index contributed by atoms with van der Waals surface area (Å²) in [5, 5.41) is 9.12. The zero-order valence-electron chi connectivity index (χ0n) is 12.7. The average Bonchev–Trinajstić information content (AvgIpc) is 2.52. The van der Waals surface area contributed by atoms with Crippen LogP contribution in [0.5, 0.6) is 0 Å². The van der Waals surface area contributed by atoms with Crippen LogP contribution in [-0.2, 0) is 11.2 Å². The zero-order chi connectivity index (χ0) is 16.1. The number of rotatable bonds is 5. The Bertz CT molecular complexity index is 687. The summed E-state index contributed by atoms with van der Waals surface area (Å²) in [7, 11) is 0. The first-order chi connectivity index (χ1) is 10.5. The van der Waals surface area contributed by atoms with Gasteiger partial charge in [-0.15, -0.1) is 0 Å². The quantitative estimate of drug-likeness (QED) is 0.822. The fraction of sp³-hybridized carbons (Fsp3) is 0.211. The van der Waals surface area contributed by atoms with Gasteiger partial charge in [-0.1, -0.05) is 49.4 Å². The first kappa shape index (κ1) is 16.0. The van der Waals surface area contributed by atoms with Gasteiger partial charge in [0.25, 0.3) is 0 Å². The lowest BCUT2D eigenvalue weighted by molar-refractivity contribution is -0.132. The number of carboxylic acids is 1.